The number of halogens is 3. The van der Waals surface area contributed by atoms with E-state index in [0.717, 1.165) is 12.1 Å². The zero-order chi connectivity index (χ0) is 19.0. The first kappa shape index (κ1) is 18.0. The van der Waals surface area contributed by atoms with E-state index in [2.05, 4.69) is 9.89 Å². The molecule has 8 nitrogen and oxygen atoms in total. The first-order valence-electron chi connectivity index (χ1n) is 8.34. The second-order valence-corrected chi connectivity index (χ2v) is 6.37. The molecule has 0 saturated carbocycles. The summed E-state index contributed by atoms with van der Waals surface area (Å²) in [5.41, 5.74) is 0.781. The molecule has 3 heterocycles. The molecule has 0 bridgehead atoms. The topological polar surface area (TPSA) is 82.8 Å². The molecule has 4 rings (SSSR count). The van der Waals surface area contributed by atoms with Crippen LogP contribution in [-0.2, 0) is 16.0 Å². The molecule has 0 radical (unpaired) electrons. The highest BCUT2D eigenvalue weighted by molar-refractivity contribution is 5.60. The van der Waals surface area contributed by atoms with Crippen LogP contribution < -0.4 is 9.34 Å². The summed E-state index contributed by atoms with van der Waals surface area (Å²) in [5.74, 6) is -0.416. The number of aromatic nitrogens is 2. The molecule has 1 aromatic carbocycles. The Balaban J connectivity index is 1.56. The van der Waals surface area contributed by atoms with Crippen molar-refractivity contribution in [1.82, 2.24) is 10.1 Å². The van der Waals surface area contributed by atoms with Crippen LogP contribution in [-0.4, -0.2) is 54.9 Å². The van der Waals surface area contributed by atoms with Crippen LogP contribution in [0.1, 0.15) is 5.69 Å². The van der Waals surface area contributed by atoms with Gasteiger partial charge in [0.05, 0.1) is 32.0 Å². The smallest absolute Gasteiger partial charge is 0.406 e. The van der Waals surface area contributed by atoms with Crippen molar-refractivity contribution in [2.24, 2.45) is 0 Å². The Labute approximate surface area is 150 Å². The van der Waals surface area contributed by atoms with Gasteiger partial charge in [0.2, 0.25) is 5.69 Å². The molecule has 0 aliphatic carbocycles. The van der Waals surface area contributed by atoms with Gasteiger partial charge in [0.15, 0.2) is 4.60 Å². The zero-order valence-corrected chi connectivity index (χ0v) is 14.1. The number of nitrogens with one attached hydrogen (secondary N) is 1. The summed E-state index contributed by atoms with van der Waals surface area (Å²) in [4.78, 5) is 14.1. The fourth-order valence-electron chi connectivity index (χ4n) is 3.42. The number of hydrogen-bond acceptors (Lipinski definition) is 6. The molecule has 2 atom stereocenters. The molecular formula is C16H17F3N3O5+. The second kappa shape index (κ2) is 6.98. The Morgan fingerprint density at radius 2 is 1.93 bits per heavy atom. The number of H-pyrrole nitrogens is 1. The Kier molecular flexibility index (Phi) is 4.66. The van der Waals surface area contributed by atoms with E-state index >= 15 is 0 Å². The summed E-state index contributed by atoms with van der Waals surface area (Å²) in [5, 5.41) is 2.54. The summed E-state index contributed by atoms with van der Waals surface area (Å²) in [7, 11) is 0. The average Bonchev–Trinajstić information content (AvgIpc) is 3.16. The average molecular weight is 388 g/mol. The van der Waals surface area contributed by atoms with Crippen molar-refractivity contribution in [1.29, 1.82) is 0 Å². The number of likely N-dealkylation sites (tertiary alicyclic amines) is 1. The van der Waals surface area contributed by atoms with Gasteiger partial charge in [-0.1, -0.05) is 15.9 Å². The van der Waals surface area contributed by atoms with E-state index in [1.165, 1.54) is 12.1 Å². The first-order chi connectivity index (χ1) is 12.9. The summed E-state index contributed by atoms with van der Waals surface area (Å²) in [6.07, 6.45) is -4.88. The van der Waals surface area contributed by atoms with Crippen LogP contribution in [0.4, 0.5) is 13.2 Å². The summed E-state index contributed by atoms with van der Waals surface area (Å²) >= 11 is 0. The van der Waals surface area contributed by atoms with Gasteiger partial charge in [-0.05, 0) is 23.1 Å². The van der Waals surface area contributed by atoms with Crippen LogP contribution in [0.5, 0.6) is 5.75 Å². The third-order valence-electron chi connectivity index (χ3n) is 4.48. The van der Waals surface area contributed by atoms with Crippen molar-refractivity contribution in [2.75, 3.05) is 26.3 Å². The molecule has 1 aromatic heterocycles. The quantitative estimate of drug-likeness (QED) is 0.858. The number of aromatic amines is 1. The highest BCUT2D eigenvalue weighted by Crippen LogP contribution is 2.29. The molecule has 11 heteroatoms. The van der Waals surface area contributed by atoms with Gasteiger partial charge >= 0.3 is 6.36 Å². The Hall–Kier alpha value is -2.37. The monoisotopic (exact) mass is 388 g/mol. The summed E-state index contributed by atoms with van der Waals surface area (Å²) in [6, 6.07) is 5.19. The van der Waals surface area contributed by atoms with E-state index in [1.54, 1.807) is 0 Å². The SMILES string of the molecule is O=[n+]1o[nH]c(CN2C[C@@H]3OCCO[C@@H]3C2)c1-c1cccc(OC(F)(F)F)c1. The lowest BCUT2D eigenvalue weighted by atomic mass is 10.1. The summed E-state index contributed by atoms with van der Waals surface area (Å²) in [6.45, 7) is 2.67. The second-order valence-electron chi connectivity index (χ2n) is 6.37. The van der Waals surface area contributed by atoms with Gasteiger partial charge in [0, 0.05) is 18.7 Å². The molecule has 2 fully saturated rings. The van der Waals surface area contributed by atoms with Crippen LogP contribution in [0.3, 0.4) is 0 Å². The molecule has 2 aliphatic rings. The number of benzene rings is 1. The van der Waals surface area contributed by atoms with Crippen molar-refractivity contribution in [2.45, 2.75) is 25.1 Å². The van der Waals surface area contributed by atoms with Gasteiger partial charge in [-0.2, -0.15) is 0 Å². The highest BCUT2D eigenvalue weighted by atomic mass is 19.4. The van der Waals surface area contributed by atoms with Gasteiger partial charge in [-0.25, -0.2) is 0 Å². The van der Waals surface area contributed by atoms with Gasteiger partial charge in [0.25, 0.3) is 5.69 Å². The maximum absolute atomic E-state index is 12.4. The largest absolute Gasteiger partial charge is 0.573 e. The Morgan fingerprint density at radius 1 is 1.22 bits per heavy atom. The van der Waals surface area contributed by atoms with Crippen LogP contribution >= 0.6 is 0 Å². The molecule has 27 heavy (non-hydrogen) atoms. The number of alkyl halides is 3. The minimum atomic E-state index is -4.82. The number of rotatable bonds is 4. The molecule has 2 aliphatic heterocycles. The molecule has 0 amide bonds. The van der Waals surface area contributed by atoms with Crippen molar-refractivity contribution >= 4 is 0 Å². The summed E-state index contributed by atoms with van der Waals surface area (Å²) < 4.78 is 57.6. The third-order valence-corrected chi connectivity index (χ3v) is 4.48. The third kappa shape index (κ3) is 3.99. The van der Waals surface area contributed by atoms with Gasteiger partial charge in [-0.3, -0.25) is 4.90 Å². The van der Waals surface area contributed by atoms with E-state index in [9.17, 15) is 18.1 Å². The fraction of sp³-hybridized carbons (Fsp3) is 0.500. The van der Waals surface area contributed by atoms with E-state index in [1.807, 2.05) is 4.90 Å². The lowest BCUT2D eigenvalue weighted by molar-refractivity contribution is -0.704. The van der Waals surface area contributed by atoms with Crippen molar-refractivity contribution in [3.05, 3.63) is 34.9 Å². The predicted octanol–water partition coefficient (Wildman–Crippen LogP) is 1.69. The Bertz CT molecular complexity index is 851. The van der Waals surface area contributed by atoms with Crippen LogP contribution in [0, 0.1) is 4.91 Å². The standard InChI is InChI=1S/C16H17F3N3O5/c17-16(18,19)26-11-3-1-2-10(6-11)15-12(20-27-22(15)23)7-21-8-13-14(9-21)25-5-4-24-13/h1-3,6,13-14,20H,4-5,7-9H2/q+1/t13-,14+. The van der Waals surface area contributed by atoms with E-state index in [0.29, 0.717) is 38.5 Å². The molecule has 146 valence electrons. The number of nitrogens with zero attached hydrogens (tertiary/aromatic N) is 2. The van der Waals surface area contributed by atoms with Crippen molar-refractivity contribution in [3.63, 3.8) is 0 Å². The zero-order valence-electron chi connectivity index (χ0n) is 14.1. The number of hydrogen-bond donors (Lipinski definition) is 1. The predicted molar refractivity (Wildman–Crippen MR) is 83.3 cm³/mol. The first-order valence-corrected chi connectivity index (χ1v) is 8.34. The normalized spacial score (nSPS) is 23.4. The van der Waals surface area contributed by atoms with Gasteiger partial charge < -0.3 is 14.2 Å². The molecule has 0 unspecified atom stereocenters. The van der Waals surface area contributed by atoms with Crippen LogP contribution in [0.25, 0.3) is 11.3 Å². The fourth-order valence-corrected chi connectivity index (χ4v) is 3.42. The lowest BCUT2D eigenvalue weighted by Crippen LogP contribution is -2.36. The molecule has 1 N–H and O–H groups in total. The lowest BCUT2D eigenvalue weighted by Gasteiger charge is -2.24. The molecule has 2 aromatic rings. The van der Waals surface area contributed by atoms with Crippen molar-refractivity contribution < 1.29 is 36.6 Å². The molecule has 2 saturated heterocycles. The molecule has 0 spiro atoms. The Morgan fingerprint density at radius 3 is 2.59 bits per heavy atom. The number of ether oxygens (including phenoxy) is 3. The minimum absolute atomic E-state index is 0.0306. The van der Waals surface area contributed by atoms with E-state index in [-0.39, 0.29) is 28.1 Å². The number of fused-ring (bicyclic) bond motifs is 1. The minimum Gasteiger partial charge on any atom is -0.406 e. The van der Waals surface area contributed by atoms with Gasteiger partial charge in [0.1, 0.15) is 5.75 Å². The maximum atomic E-state index is 12.4. The van der Waals surface area contributed by atoms with Gasteiger partial charge in [-0.15, -0.1) is 13.2 Å². The van der Waals surface area contributed by atoms with Crippen molar-refractivity contribution in [3.8, 4) is 17.0 Å². The molecular weight excluding hydrogens is 371 g/mol. The van der Waals surface area contributed by atoms with E-state index in [4.69, 9.17) is 14.1 Å². The van der Waals surface area contributed by atoms with Crippen LogP contribution in [0.15, 0.2) is 28.9 Å². The van der Waals surface area contributed by atoms with E-state index < -0.39 is 12.1 Å². The highest BCUT2D eigenvalue weighted by Gasteiger charge is 2.38. The maximum Gasteiger partial charge on any atom is 0.573 e. The van der Waals surface area contributed by atoms with Crippen LogP contribution in [0.2, 0.25) is 0 Å².